The quantitative estimate of drug-likeness (QED) is 0.114. The molecule has 1 atom stereocenters. The fourth-order valence-electron chi connectivity index (χ4n) is 3.61. The van der Waals surface area contributed by atoms with Crippen molar-refractivity contribution in [1.82, 2.24) is 35.1 Å². The van der Waals surface area contributed by atoms with Crippen LogP contribution in [0.2, 0.25) is 18.1 Å². The first-order chi connectivity index (χ1) is 20.3. The van der Waals surface area contributed by atoms with Crippen LogP contribution < -0.4 is 20.9 Å². The summed E-state index contributed by atoms with van der Waals surface area (Å²) in [5.74, 6) is -0.940. The lowest BCUT2D eigenvalue weighted by atomic mass is 10.2. The summed E-state index contributed by atoms with van der Waals surface area (Å²) in [5, 5.41) is 7.11. The van der Waals surface area contributed by atoms with Crippen LogP contribution >= 0.6 is 0 Å². The number of hydrazine groups is 1. The maximum Gasteiger partial charge on any atom is 0.279 e. The van der Waals surface area contributed by atoms with Gasteiger partial charge in [0.05, 0.1) is 24.3 Å². The molecule has 15 heteroatoms. The molecule has 0 aliphatic carbocycles. The standard InChI is InChI=1S/C28H35F2N9O3Si/c1-28(2,3)43(5,6)41-12-9-22(42-20-15-19(29)16-31-17-20)26(40)38-37-24-14-18(13-23(30)35-24)21-7-10-32-27(34-21)36-25-8-11-33-39(25)4/h7-8,10-11,13-17,22H,9,12H2,1-6H3,(H,35,37)(H,38,40)(H,32,34,36). The van der Waals surface area contributed by atoms with E-state index < -0.39 is 32.1 Å². The van der Waals surface area contributed by atoms with Gasteiger partial charge in [-0.3, -0.25) is 25.3 Å². The number of hydrogen-bond acceptors (Lipinski definition) is 10. The molecule has 4 aromatic rings. The van der Waals surface area contributed by atoms with Gasteiger partial charge in [-0.15, -0.1) is 0 Å². The van der Waals surface area contributed by atoms with Crippen LogP contribution in [0.3, 0.4) is 0 Å². The van der Waals surface area contributed by atoms with Crippen molar-refractivity contribution >= 4 is 31.8 Å². The second kappa shape index (κ2) is 13.2. The van der Waals surface area contributed by atoms with E-state index in [1.54, 1.807) is 30.1 Å². The molecular formula is C28H35F2N9O3Si. The average Bonchev–Trinajstić information content (AvgIpc) is 3.34. The SMILES string of the molecule is Cn1nccc1Nc1nccc(-c2cc(F)nc(NNC(=O)C(CCO[Si](C)(C)C(C)(C)C)Oc3cncc(F)c3)c2)n1. The summed E-state index contributed by atoms with van der Waals surface area (Å²) >= 11 is 0. The van der Waals surface area contributed by atoms with Gasteiger partial charge in [0.2, 0.25) is 11.9 Å². The molecule has 0 spiro atoms. The van der Waals surface area contributed by atoms with Gasteiger partial charge in [-0.2, -0.15) is 9.49 Å². The summed E-state index contributed by atoms with van der Waals surface area (Å²) in [7, 11) is -0.329. The van der Waals surface area contributed by atoms with Gasteiger partial charge in [0.25, 0.3) is 5.91 Å². The van der Waals surface area contributed by atoms with Crippen molar-refractivity contribution in [3.05, 3.63) is 66.9 Å². The second-order valence-corrected chi connectivity index (χ2v) is 16.1. The molecular weight excluding hydrogens is 576 g/mol. The Morgan fingerprint density at radius 3 is 2.58 bits per heavy atom. The molecule has 1 unspecified atom stereocenters. The number of ether oxygens (including phenoxy) is 1. The number of amides is 1. The number of carbonyl (C=O) groups excluding carboxylic acids is 1. The zero-order chi connectivity index (χ0) is 31.2. The summed E-state index contributed by atoms with van der Waals surface area (Å²) in [6.45, 7) is 10.8. The fraction of sp³-hybridized carbons (Fsp3) is 0.357. The van der Waals surface area contributed by atoms with Crippen LogP contribution in [-0.2, 0) is 16.3 Å². The molecule has 3 N–H and O–H groups in total. The van der Waals surface area contributed by atoms with Gasteiger partial charge in [-0.25, -0.2) is 19.3 Å². The summed E-state index contributed by atoms with van der Waals surface area (Å²) in [6.07, 6.45) is 4.60. The van der Waals surface area contributed by atoms with Gasteiger partial charge in [-0.1, -0.05) is 20.8 Å². The first-order valence-corrected chi connectivity index (χ1v) is 16.4. The molecule has 0 fully saturated rings. The number of halogens is 2. The van der Waals surface area contributed by atoms with Gasteiger partial charge < -0.3 is 14.5 Å². The highest BCUT2D eigenvalue weighted by molar-refractivity contribution is 6.74. The summed E-state index contributed by atoms with van der Waals surface area (Å²) in [5.41, 5.74) is 5.95. The van der Waals surface area contributed by atoms with Crippen molar-refractivity contribution in [2.24, 2.45) is 7.05 Å². The number of aryl methyl sites for hydroxylation is 1. The highest BCUT2D eigenvalue weighted by Gasteiger charge is 2.37. The number of nitrogens with one attached hydrogen (secondary N) is 3. The van der Waals surface area contributed by atoms with Crippen LogP contribution in [0.5, 0.6) is 5.75 Å². The molecule has 0 bridgehead atoms. The van der Waals surface area contributed by atoms with Gasteiger partial charge >= 0.3 is 0 Å². The molecule has 0 aromatic carbocycles. The number of carbonyl (C=O) groups is 1. The van der Waals surface area contributed by atoms with E-state index in [-0.39, 0.29) is 35.6 Å². The van der Waals surface area contributed by atoms with E-state index in [1.165, 1.54) is 24.5 Å². The molecule has 4 heterocycles. The molecule has 0 saturated carbocycles. The van der Waals surface area contributed by atoms with Gasteiger partial charge in [0.15, 0.2) is 14.4 Å². The summed E-state index contributed by atoms with van der Waals surface area (Å²) < 4.78 is 41.9. The number of aromatic nitrogens is 6. The van der Waals surface area contributed by atoms with Crippen molar-refractivity contribution < 1.29 is 22.7 Å². The summed E-state index contributed by atoms with van der Waals surface area (Å²) in [4.78, 5) is 29.5. The van der Waals surface area contributed by atoms with E-state index in [0.29, 0.717) is 17.1 Å². The monoisotopic (exact) mass is 611 g/mol. The Balaban J connectivity index is 1.46. The highest BCUT2D eigenvalue weighted by Crippen LogP contribution is 2.36. The first kappa shape index (κ1) is 31.4. The van der Waals surface area contributed by atoms with E-state index in [1.807, 2.05) is 0 Å². The van der Waals surface area contributed by atoms with Crippen LogP contribution in [0.15, 0.2) is 55.1 Å². The van der Waals surface area contributed by atoms with Crippen molar-refractivity contribution in [1.29, 1.82) is 0 Å². The minimum absolute atomic E-state index is 0.0202. The predicted molar refractivity (Wildman–Crippen MR) is 160 cm³/mol. The van der Waals surface area contributed by atoms with Crippen LogP contribution in [-0.4, -0.2) is 56.7 Å². The van der Waals surface area contributed by atoms with Crippen molar-refractivity contribution in [3.8, 4) is 17.0 Å². The Morgan fingerprint density at radius 2 is 1.88 bits per heavy atom. The Labute approximate surface area is 249 Å². The summed E-state index contributed by atoms with van der Waals surface area (Å²) in [6, 6.07) is 7.24. The molecule has 228 valence electrons. The number of hydrogen-bond donors (Lipinski definition) is 3. The number of nitrogens with zero attached hydrogens (tertiary/aromatic N) is 6. The third kappa shape index (κ3) is 8.51. The largest absolute Gasteiger partial charge is 0.479 e. The zero-order valence-electron chi connectivity index (χ0n) is 24.9. The lowest BCUT2D eigenvalue weighted by molar-refractivity contribution is -0.128. The lowest BCUT2D eigenvalue weighted by Crippen LogP contribution is -2.44. The van der Waals surface area contributed by atoms with Crippen LogP contribution in [0.1, 0.15) is 27.2 Å². The van der Waals surface area contributed by atoms with Gasteiger partial charge in [0, 0.05) is 50.0 Å². The molecule has 4 aromatic heterocycles. The van der Waals surface area contributed by atoms with Crippen molar-refractivity contribution in [3.63, 3.8) is 0 Å². The van der Waals surface area contributed by atoms with E-state index >= 15 is 0 Å². The Hall–Kier alpha value is -4.50. The maximum absolute atomic E-state index is 14.5. The maximum atomic E-state index is 14.5. The average molecular weight is 612 g/mol. The Bertz CT molecular complexity index is 1560. The number of anilines is 3. The molecule has 0 aliphatic heterocycles. The predicted octanol–water partition coefficient (Wildman–Crippen LogP) is 4.99. The normalized spacial score (nSPS) is 12.5. The lowest BCUT2D eigenvalue weighted by Gasteiger charge is -2.36. The molecule has 12 nitrogen and oxygen atoms in total. The third-order valence-corrected chi connectivity index (χ3v) is 11.6. The van der Waals surface area contributed by atoms with Crippen molar-refractivity contribution in [2.45, 2.75) is 51.4 Å². The fourth-order valence-corrected chi connectivity index (χ4v) is 4.67. The van der Waals surface area contributed by atoms with Gasteiger partial charge in [0.1, 0.15) is 23.2 Å². The first-order valence-electron chi connectivity index (χ1n) is 13.5. The third-order valence-electron chi connectivity index (χ3n) is 7.02. The van der Waals surface area contributed by atoms with Crippen LogP contribution in [0.25, 0.3) is 11.3 Å². The molecule has 0 saturated heterocycles. The van der Waals surface area contributed by atoms with Crippen LogP contribution in [0, 0.1) is 11.8 Å². The minimum Gasteiger partial charge on any atom is -0.479 e. The van der Waals surface area contributed by atoms with Gasteiger partial charge in [-0.05, 0) is 30.3 Å². The van der Waals surface area contributed by atoms with E-state index in [4.69, 9.17) is 9.16 Å². The number of rotatable bonds is 12. The topological polar surface area (TPSA) is 141 Å². The van der Waals surface area contributed by atoms with E-state index in [2.05, 4.69) is 75.1 Å². The zero-order valence-corrected chi connectivity index (χ0v) is 25.9. The molecule has 0 radical (unpaired) electrons. The molecule has 1 amide bonds. The Kier molecular flexibility index (Phi) is 9.65. The molecule has 0 aliphatic rings. The minimum atomic E-state index is -2.10. The molecule has 4 rings (SSSR count). The highest BCUT2D eigenvalue weighted by atomic mass is 28.4. The smallest absolute Gasteiger partial charge is 0.279 e. The Morgan fingerprint density at radius 1 is 1.09 bits per heavy atom. The number of pyridine rings is 2. The van der Waals surface area contributed by atoms with Crippen molar-refractivity contribution in [2.75, 3.05) is 17.3 Å². The second-order valence-electron chi connectivity index (χ2n) is 11.3. The van der Waals surface area contributed by atoms with Crippen LogP contribution in [0.4, 0.5) is 26.4 Å². The van der Waals surface area contributed by atoms with E-state index in [9.17, 15) is 13.6 Å². The van der Waals surface area contributed by atoms with E-state index in [0.717, 1.165) is 12.3 Å². The molecule has 43 heavy (non-hydrogen) atoms.